The van der Waals surface area contributed by atoms with Crippen molar-refractivity contribution in [2.45, 2.75) is 12.8 Å². The molecular formula is C20H17N3OS. The third-order valence-electron chi connectivity index (χ3n) is 4.07. The molecule has 0 bridgehead atoms. The Labute approximate surface area is 149 Å². The first-order valence-corrected chi connectivity index (χ1v) is 9.09. The Morgan fingerprint density at radius 3 is 2.76 bits per heavy atom. The number of hydrogen-bond acceptors (Lipinski definition) is 3. The third kappa shape index (κ3) is 3.46. The van der Waals surface area contributed by atoms with Crippen LogP contribution in [0.4, 0.5) is 5.69 Å². The average Bonchev–Trinajstić information content (AvgIpc) is 3.30. The van der Waals surface area contributed by atoms with Gasteiger partial charge in [-0.15, -0.1) is 0 Å². The van der Waals surface area contributed by atoms with Gasteiger partial charge in [-0.05, 0) is 53.1 Å². The standard InChI is InChI=1S/C20H17N3OS/c24-19(10-9-14-11-12-25-13-14)21-16-6-2-1-5-15(16)20-22-17-7-3-4-8-18(17)23-20/h1-8,11-13H,9-10H2,(H,21,24)(H,22,23). The third-order valence-corrected chi connectivity index (χ3v) is 4.80. The number of anilines is 1. The van der Waals surface area contributed by atoms with E-state index in [0.29, 0.717) is 6.42 Å². The quantitative estimate of drug-likeness (QED) is 0.541. The van der Waals surface area contributed by atoms with E-state index in [4.69, 9.17) is 0 Å². The lowest BCUT2D eigenvalue weighted by Crippen LogP contribution is -2.13. The Hall–Kier alpha value is -2.92. The number of imidazole rings is 1. The van der Waals surface area contributed by atoms with E-state index in [9.17, 15) is 4.79 Å². The summed E-state index contributed by atoms with van der Waals surface area (Å²) in [6, 6.07) is 17.7. The Morgan fingerprint density at radius 1 is 1.08 bits per heavy atom. The van der Waals surface area contributed by atoms with Crippen molar-refractivity contribution in [1.82, 2.24) is 9.97 Å². The number of thiophene rings is 1. The number of benzene rings is 2. The molecule has 124 valence electrons. The number of aryl methyl sites for hydroxylation is 1. The summed E-state index contributed by atoms with van der Waals surface area (Å²) in [7, 11) is 0. The van der Waals surface area contributed by atoms with Gasteiger partial charge in [-0.3, -0.25) is 4.79 Å². The van der Waals surface area contributed by atoms with Gasteiger partial charge in [-0.1, -0.05) is 24.3 Å². The SMILES string of the molecule is O=C(CCc1ccsc1)Nc1ccccc1-c1nc2ccccc2[nH]1. The zero-order valence-electron chi connectivity index (χ0n) is 13.5. The first kappa shape index (κ1) is 15.6. The Kier molecular flexibility index (Phi) is 4.31. The van der Waals surface area contributed by atoms with Crippen LogP contribution < -0.4 is 5.32 Å². The van der Waals surface area contributed by atoms with Crippen molar-refractivity contribution in [3.05, 3.63) is 70.9 Å². The number of aromatic amines is 1. The highest BCUT2D eigenvalue weighted by Crippen LogP contribution is 2.27. The first-order chi connectivity index (χ1) is 12.3. The van der Waals surface area contributed by atoms with Gasteiger partial charge in [0, 0.05) is 12.0 Å². The van der Waals surface area contributed by atoms with Crippen molar-refractivity contribution < 1.29 is 4.79 Å². The normalized spacial score (nSPS) is 10.9. The highest BCUT2D eigenvalue weighted by atomic mass is 32.1. The van der Waals surface area contributed by atoms with E-state index in [1.165, 1.54) is 5.56 Å². The number of H-pyrrole nitrogens is 1. The molecule has 0 atom stereocenters. The maximum atomic E-state index is 12.3. The lowest BCUT2D eigenvalue weighted by molar-refractivity contribution is -0.116. The van der Waals surface area contributed by atoms with Crippen LogP contribution in [0.15, 0.2) is 65.4 Å². The van der Waals surface area contributed by atoms with Crippen molar-refractivity contribution in [3.63, 3.8) is 0 Å². The Balaban J connectivity index is 1.55. The molecule has 0 aliphatic heterocycles. The largest absolute Gasteiger partial charge is 0.338 e. The number of para-hydroxylation sites is 3. The molecule has 4 aromatic rings. The maximum absolute atomic E-state index is 12.3. The fourth-order valence-electron chi connectivity index (χ4n) is 2.78. The number of nitrogens with zero attached hydrogens (tertiary/aromatic N) is 1. The molecule has 25 heavy (non-hydrogen) atoms. The molecule has 0 unspecified atom stereocenters. The topological polar surface area (TPSA) is 57.8 Å². The van der Waals surface area contributed by atoms with E-state index < -0.39 is 0 Å². The molecule has 2 aromatic carbocycles. The number of amides is 1. The number of carbonyl (C=O) groups is 1. The van der Waals surface area contributed by atoms with Gasteiger partial charge >= 0.3 is 0 Å². The molecular weight excluding hydrogens is 330 g/mol. The summed E-state index contributed by atoms with van der Waals surface area (Å²) >= 11 is 1.65. The van der Waals surface area contributed by atoms with Gasteiger partial charge in [-0.2, -0.15) is 11.3 Å². The lowest BCUT2D eigenvalue weighted by atomic mass is 10.1. The van der Waals surface area contributed by atoms with Gasteiger partial charge in [0.15, 0.2) is 0 Å². The molecule has 5 heteroatoms. The minimum absolute atomic E-state index is 0.00904. The summed E-state index contributed by atoms with van der Waals surface area (Å²) in [5.74, 6) is 0.768. The van der Waals surface area contributed by atoms with Crippen LogP contribution in [0, 0.1) is 0 Å². The molecule has 2 aromatic heterocycles. The van der Waals surface area contributed by atoms with E-state index in [0.717, 1.165) is 34.5 Å². The Bertz CT molecular complexity index is 972. The second-order valence-electron chi connectivity index (χ2n) is 5.83. The summed E-state index contributed by atoms with van der Waals surface area (Å²) in [5.41, 5.74) is 4.76. The molecule has 2 N–H and O–H groups in total. The number of fused-ring (bicyclic) bond motifs is 1. The molecule has 0 radical (unpaired) electrons. The summed E-state index contributed by atoms with van der Waals surface area (Å²) in [5, 5.41) is 7.13. The summed E-state index contributed by atoms with van der Waals surface area (Å²) in [6.45, 7) is 0. The van der Waals surface area contributed by atoms with Crippen molar-refractivity contribution in [1.29, 1.82) is 0 Å². The zero-order chi connectivity index (χ0) is 17.1. The number of aromatic nitrogens is 2. The molecule has 0 spiro atoms. The van der Waals surface area contributed by atoms with Crippen LogP contribution in [0.1, 0.15) is 12.0 Å². The molecule has 0 aliphatic rings. The second-order valence-corrected chi connectivity index (χ2v) is 6.61. The minimum Gasteiger partial charge on any atom is -0.338 e. The second kappa shape index (κ2) is 6.91. The van der Waals surface area contributed by atoms with Gasteiger partial charge < -0.3 is 10.3 Å². The predicted molar refractivity (Wildman–Crippen MR) is 103 cm³/mol. The lowest BCUT2D eigenvalue weighted by Gasteiger charge is -2.09. The van der Waals surface area contributed by atoms with Gasteiger partial charge in [0.05, 0.1) is 16.7 Å². The van der Waals surface area contributed by atoms with Crippen LogP contribution in [-0.4, -0.2) is 15.9 Å². The molecule has 0 saturated carbocycles. The summed E-state index contributed by atoms with van der Waals surface area (Å²) in [4.78, 5) is 20.3. The molecule has 0 fully saturated rings. The van der Waals surface area contributed by atoms with Gasteiger partial charge in [-0.25, -0.2) is 4.98 Å². The molecule has 2 heterocycles. The van der Waals surface area contributed by atoms with Crippen molar-refractivity contribution in [2.75, 3.05) is 5.32 Å². The van der Waals surface area contributed by atoms with Crippen LogP contribution in [0.25, 0.3) is 22.4 Å². The van der Waals surface area contributed by atoms with E-state index in [2.05, 4.69) is 26.7 Å². The van der Waals surface area contributed by atoms with Crippen LogP contribution in [-0.2, 0) is 11.2 Å². The van der Waals surface area contributed by atoms with Gasteiger partial charge in [0.2, 0.25) is 5.91 Å². The van der Waals surface area contributed by atoms with Crippen LogP contribution in [0.2, 0.25) is 0 Å². The van der Waals surface area contributed by atoms with Gasteiger partial charge in [0.25, 0.3) is 0 Å². The van der Waals surface area contributed by atoms with Crippen LogP contribution in [0.5, 0.6) is 0 Å². The fourth-order valence-corrected chi connectivity index (χ4v) is 3.49. The van der Waals surface area contributed by atoms with Crippen molar-refractivity contribution in [2.24, 2.45) is 0 Å². The van der Waals surface area contributed by atoms with E-state index in [1.54, 1.807) is 11.3 Å². The van der Waals surface area contributed by atoms with E-state index >= 15 is 0 Å². The zero-order valence-corrected chi connectivity index (χ0v) is 14.3. The van der Waals surface area contributed by atoms with Crippen LogP contribution >= 0.6 is 11.3 Å². The summed E-state index contributed by atoms with van der Waals surface area (Å²) < 4.78 is 0. The molecule has 1 amide bonds. The maximum Gasteiger partial charge on any atom is 0.224 e. The van der Waals surface area contributed by atoms with Crippen LogP contribution in [0.3, 0.4) is 0 Å². The van der Waals surface area contributed by atoms with Crippen molar-refractivity contribution in [3.8, 4) is 11.4 Å². The predicted octanol–water partition coefficient (Wildman–Crippen LogP) is 4.86. The van der Waals surface area contributed by atoms with E-state index in [-0.39, 0.29) is 5.91 Å². The molecule has 0 aliphatic carbocycles. The first-order valence-electron chi connectivity index (χ1n) is 8.15. The smallest absolute Gasteiger partial charge is 0.224 e. The van der Waals surface area contributed by atoms with Gasteiger partial charge in [0.1, 0.15) is 5.82 Å². The number of carbonyl (C=O) groups excluding carboxylic acids is 1. The van der Waals surface area contributed by atoms with E-state index in [1.807, 2.05) is 53.9 Å². The Morgan fingerprint density at radius 2 is 1.92 bits per heavy atom. The fraction of sp³-hybridized carbons (Fsp3) is 0.100. The number of nitrogens with one attached hydrogen (secondary N) is 2. The number of hydrogen-bond donors (Lipinski definition) is 2. The molecule has 4 rings (SSSR count). The number of rotatable bonds is 5. The van der Waals surface area contributed by atoms with Crippen molar-refractivity contribution >= 4 is 34.0 Å². The molecule has 4 nitrogen and oxygen atoms in total. The molecule has 0 saturated heterocycles. The summed E-state index contributed by atoms with van der Waals surface area (Å²) in [6.07, 6.45) is 1.22. The average molecular weight is 347 g/mol. The highest BCUT2D eigenvalue weighted by molar-refractivity contribution is 7.07. The minimum atomic E-state index is 0.00904. The highest BCUT2D eigenvalue weighted by Gasteiger charge is 2.12. The monoisotopic (exact) mass is 347 g/mol.